The number of aromatic nitrogens is 3. The van der Waals surface area contributed by atoms with Crippen LogP contribution >= 0.6 is 15.9 Å². The predicted octanol–water partition coefficient (Wildman–Crippen LogP) is 3.12. The van der Waals surface area contributed by atoms with Gasteiger partial charge in [0.25, 0.3) is 0 Å². The van der Waals surface area contributed by atoms with E-state index in [0.29, 0.717) is 0 Å². The first-order valence-electron chi connectivity index (χ1n) is 8.05. The fourth-order valence-electron chi connectivity index (χ4n) is 2.30. The summed E-state index contributed by atoms with van der Waals surface area (Å²) < 4.78 is 2.58. The Bertz CT molecular complexity index is 687. The second-order valence-electron chi connectivity index (χ2n) is 6.69. The van der Waals surface area contributed by atoms with E-state index in [9.17, 15) is 4.79 Å². The summed E-state index contributed by atoms with van der Waals surface area (Å²) in [6.45, 7) is 7.84. The number of likely N-dealkylation sites (tertiary alicyclic amines) is 1. The Morgan fingerprint density at radius 3 is 2.50 bits per heavy atom. The van der Waals surface area contributed by atoms with Gasteiger partial charge in [-0.1, -0.05) is 0 Å². The SMILES string of the molecule is CC(C)(C)NC(=O)N1CCCC1.CNc1ccc2ncc(Br)n2n1. The molecule has 0 atom stereocenters. The average molecular weight is 397 g/mol. The fourth-order valence-corrected chi connectivity index (χ4v) is 2.66. The van der Waals surface area contributed by atoms with E-state index in [4.69, 9.17) is 0 Å². The summed E-state index contributed by atoms with van der Waals surface area (Å²) in [5.74, 6) is 0.821. The molecule has 0 spiro atoms. The first-order valence-corrected chi connectivity index (χ1v) is 8.84. The van der Waals surface area contributed by atoms with Crippen molar-refractivity contribution in [3.63, 3.8) is 0 Å². The quantitative estimate of drug-likeness (QED) is 0.776. The van der Waals surface area contributed by atoms with Gasteiger partial charge in [-0.3, -0.25) is 0 Å². The third-order valence-electron chi connectivity index (χ3n) is 3.45. The Kier molecular flexibility index (Phi) is 6.04. The van der Waals surface area contributed by atoms with Crippen molar-refractivity contribution in [3.05, 3.63) is 22.9 Å². The van der Waals surface area contributed by atoms with Crippen molar-refractivity contribution < 1.29 is 4.79 Å². The van der Waals surface area contributed by atoms with Crippen molar-refractivity contribution in [2.75, 3.05) is 25.5 Å². The molecule has 0 unspecified atom stereocenters. The summed E-state index contributed by atoms with van der Waals surface area (Å²) in [7, 11) is 1.83. The third kappa shape index (κ3) is 5.09. The molecule has 2 amide bonds. The zero-order valence-electron chi connectivity index (χ0n) is 14.6. The van der Waals surface area contributed by atoms with Gasteiger partial charge in [-0.25, -0.2) is 14.3 Å². The highest BCUT2D eigenvalue weighted by molar-refractivity contribution is 9.10. The van der Waals surface area contributed by atoms with Gasteiger partial charge in [0.15, 0.2) is 5.65 Å². The van der Waals surface area contributed by atoms with Crippen LogP contribution in [-0.2, 0) is 0 Å². The Hall–Kier alpha value is -1.83. The minimum atomic E-state index is -0.111. The predicted molar refractivity (Wildman–Crippen MR) is 99.3 cm³/mol. The van der Waals surface area contributed by atoms with Gasteiger partial charge in [0, 0.05) is 25.7 Å². The number of halogens is 1. The van der Waals surface area contributed by atoms with E-state index in [0.717, 1.165) is 42.0 Å². The summed E-state index contributed by atoms with van der Waals surface area (Å²) in [6, 6.07) is 3.87. The van der Waals surface area contributed by atoms with E-state index in [2.05, 4.69) is 36.6 Å². The maximum atomic E-state index is 11.5. The first-order chi connectivity index (χ1) is 11.3. The third-order valence-corrected chi connectivity index (χ3v) is 3.99. The van der Waals surface area contributed by atoms with Crippen LogP contribution in [0.5, 0.6) is 0 Å². The van der Waals surface area contributed by atoms with Crippen molar-refractivity contribution in [2.24, 2.45) is 0 Å². The normalized spacial score (nSPS) is 14.3. The number of amides is 2. The van der Waals surface area contributed by atoms with Gasteiger partial charge in [-0.05, 0) is 61.7 Å². The van der Waals surface area contributed by atoms with E-state index in [1.807, 2.05) is 44.9 Å². The van der Waals surface area contributed by atoms with Crippen molar-refractivity contribution in [3.8, 4) is 0 Å². The molecule has 0 saturated carbocycles. The van der Waals surface area contributed by atoms with E-state index in [-0.39, 0.29) is 11.6 Å². The number of carbonyl (C=O) groups is 1. The van der Waals surface area contributed by atoms with Crippen LogP contribution in [0.1, 0.15) is 33.6 Å². The molecule has 0 bridgehead atoms. The first kappa shape index (κ1) is 18.5. The van der Waals surface area contributed by atoms with Crippen molar-refractivity contribution in [2.45, 2.75) is 39.2 Å². The highest BCUT2D eigenvalue weighted by atomic mass is 79.9. The lowest BCUT2D eigenvalue weighted by Crippen LogP contribution is -2.47. The molecule has 24 heavy (non-hydrogen) atoms. The molecule has 1 saturated heterocycles. The minimum absolute atomic E-state index is 0.0833. The summed E-state index contributed by atoms with van der Waals surface area (Å²) in [5.41, 5.74) is 0.723. The molecule has 1 fully saturated rings. The summed E-state index contributed by atoms with van der Waals surface area (Å²) in [5, 5.41) is 10.2. The van der Waals surface area contributed by atoms with E-state index in [1.54, 1.807) is 10.7 Å². The van der Waals surface area contributed by atoms with Gasteiger partial charge >= 0.3 is 6.03 Å². The van der Waals surface area contributed by atoms with Gasteiger partial charge < -0.3 is 15.5 Å². The molecule has 8 heteroatoms. The molecule has 2 aromatic rings. The minimum Gasteiger partial charge on any atom is -0.372 e. The Morgan fingerprint density at radius 2 is 1.92 bits per heavy atom. The average Bonchev–Trinajstić information content (AvgIpc) is 3.16. The van der Waals surface area contributed by atoms with Crippen LogP contribution in [0, 0.1) is 0 Å². The molecule has 0 aromatic carbocycles. The van der Waals surface area contributed by atoms with Crippen molar-refractivity contribution >= 4 is 33.4 Å². The second-order valence-corrected chi connectivity index (χ2v) is 7.51. The number of hydrogen-bond donors (Lipinski definition) is 2. The monoisotopic (exact) mass is 396 g/mol. The lowest BCUT2D eigenvalue weighted by Gasteiger charge is -2.25. The summed E-state index contributed by atoms with van der Waals surface area (Å²) >= 11 is 3.34. The zero-order valence-corrected chi connectivity index (χ0v) is 16.2. The molecule has 7 nitrogen and oxygen atoms in total. The molecule has 1 aliphatic rings. The van der Waals surface area contributed by atoms with Crippen molar-refractivity contribution in [1.29, 1.82) is 0 Å². The van der Waals surface area contributed by atoms with Crippen LogP contribution in [0.4, 0.5) is 10.6 Å². The Morgan fingerprint density at radius 1 is 1.25 bits per heavy atom. The van der Waals surface area contributed by atoms with Gasteiger partial charge in [-0.2, -0.15) is 0 Å². The van der Waals surface area contributed by atoms with Crippen LogP contribution in [0.2, 0.25) is 0 Å². The molecule has 132 valence electrons. The number of nitrogens with zero attached hydrogens (tertiary/aromatic N) is 4. The number of nitrogens with one attached hydrogen (secondary N) is 2. The smallest absolute Gasteiger partial charge is 0.317 e. The number of carbonyl (C=O) groups excluding carboxylic acids is 1. The van der Waals surface area contributed by atoms with E-state index >= 15 is 0 Å². The number of hydrogen-bond acceptors (Lipinski definition) is 4. The molecule has 1 aliphatic heterocycles. The van der Waals surface area contributed by atoms with Crippen LogP contribution < -0.4 is 10.6 Å². The zero-order chi connectivity index (χ0) is 17.7. The molecular formula is C16H25BrN6O. The van der Waals surface area contributed by atoms with Gasteiger partial charge in [-0.15, -0.1) is 5.10 Å². The largest absolute Gasteiger partial charge is 0.372 e. The van der Waals surface area contributed by atoms with Crippen LogP contribution in [0.3, 0.4) is 0 Å². The lowest BCUT2D eigenvalue weighted by molar-refractivity contribution is 0.199. The number of fused-ring (bicyclic) bond motifs is 1. The number of imidazole rings is 1. The van der Waals surface area contributed by atoms with Crippen LogP contribution in [-0.4, -0.2) is 51.2 Å². The molecular weight excluding hydrogens is 372 g/mol. The molecule has 3 rings (SSSR count). The standard InChI is InChI=1S/C9H18N2O.C7H7BrN4/c1-9(2,3)10-8(12)11-6-4-5-7-11;1-9-6-2-3-7-10-4-5(8)12(7)11-6/h4-7H2,1-3H3,(H,10,12);2-4H,1H3,(H,9,11). The maximum Gasteiger partial charge on any atom is 0.317 e. The number of urea groups is 1. The summed E-state index contributed by atoms with van der Waals surface area (Å²) in [6.07, 6.45) is 4.02. The van der Waals surface area contributed by atoms with Gasteiger partial charge in [0.1, 0.15) is 10.4 Å². The molecule has 0 aliphatic carbocycles. The molecule has 0 radical (unpaired) electrons. The lowest BCUT2D eigenvalue weighted by atomic mass is 10.1. The maximum absolute atomic E-state index is 11.5. The van der Waals surface area contributed by atoms with E-state index < -0.39 is 0 Å². The Balaban J connectivity index is 0.000000174. The number of rotatable bonds is 1. The van der Waals surface area contributed by atoms with Crippen molar-refractivity contribution in [1.82, 2.24) is 24.8 Å². The second kappa shape index (κ2) is 7.83. The molecule has 3 heterocycles. The van der Waals surface area contributed by atoms with Crippen LogP contribution in [0.25, 0.3) is 5.65 Å². The van der Waals surface area contributed by atoms with E-state index in [1.165, 1.54) is 0 Å². The molecule has 2 aromatic heterocycles. The Labute approximate surface area is 150 Å². The van der Waals surface area contributed by atoms with Crippen LogP contribution in [0.15, 0.2) is 22.9 Å². The van der Waals surface area contributed by atoms with Gasteiger partial charge in [0.2, 0.25) is 0 Å². The highest BCUT2D eigenvalue weighted by Gasteiger charge is 2.21. The topological polar surface area (TPSA) is 74.6 Å². The van der Waals surface area contributed by atoms with Gasteiger partial charge in [0.05, 0.1) is 6.20 Å². The fraction of sp³-hybridized carbons (Fsp3) is 0.562. The molecule has 2 N–H and O–H groups in total. The number of anilines is 1. The highest BCUT2D eigenvalue weighted by Crippen LogP contribution is 2.12. The summed E-state index contributed by atoms with van der Waals surface area (Å²) in [4.78, 5) is 17.5.